The molecule has 0 radical (unpaired) electrons. The van der Waals surface area contributed by atoms with E-state index >= 15 is 0 Å². The fourth-order valence-electron chi connectivity index (χ4n) is 3.42. The van der Waals surface area contributed by atoms with Gasteiger partial charge in [-0.1, -0.05) is 18.2 Å². The van der Waals surface area contributed by atoms with Crippen molar-refractivity contribution in [3.63, 3.8) is 0 Å². The van der Waals surface area contributed by atoms with Crippen LogP contribution in [0.3, 0.4) is 0 Å². The van der Waals surface area contributed by atoms with Crippen molar-refractivity contribution in [1.82, 2.24) is 9.80 Å². The van der Waals surface area contributed by atoms with Gasteiger partial charge in [0.05, 0.1) is 0 Å². The Morgan fingerprint density at radius 1 is 1.22 bits per heavy atom. The van der Waals surface area contributed by atoms with Crippen molar-refractivity contribution < 1.29 is 19.0 Å². The van der Waals surface area contributed by atoms with Crippen molar-refractivity contribution in [2.75, 3.05) is 33.8 Å². The minimum atomic E-state index is -1.00. The number of aliphatic carboxylic acids is 1. The summed E-state index contributed by atoms with van der Waals surface area (Å²) in [5.41, 5.74) is 2.81. The number of carbonyl (C=O) groups is 1. The Morgan fingerprint density at radius 2 is 1.93 bits per heavy atom. The van der Waals surface area contributed by atoms with Gasteiger partial charge >= 0.3 is 5.97 Å². The first-order chi connectivity index (χ1) is 12.9. The number of rotatable bonds is 7. The monoisotopic (exact) mass is 372 g/mol. The quantitative estimate of drug-likeness (QED) is 0.809. The molecule has 0 aliphatic carbocycles. The van der Waals surface area contributed by atoms with Gasteiger partial charge in [-0.3, -0.25) is 4.90 Å². The Morgan fingerprint density at radius 3 is 2.56 bits per heavy atom. The van der Waals surface area contributed by atoms with Gasteiger partial charge in [0, 0.05) is 31.2 Å². The van der Waals surface area contributed by atoms with E-state index in [4.69, 9.17) is 9.84 Å². The number of hydrogen-bond acceptors (Lipinski definition) is 4. The van der Waals surface area contributed by atoms with Crippen molar-refractivity contribution in [1.29, 1.82) is 0 Å². The van der Waals surface area contributed by atoms with E-state index in [1.54, 1.807) is 18.2 Å². The van der Waals surface area contributed by atoms with Gasteiger partial charge in [0.15, 0.2) is 6.61 Å². The molecule has 1 aliphatic heterocycles. The number of halogens is 1. The SMILES string of the molecule is CN(C)[C@H]1CCN(Cc2cc(-c3ccc(F)cc3)ccc2OCC(=O)O)C1. The molecule has 0 amide bonds. The standard InChI is InChI=1S/C21H25FN2O3/c1-23(2)19-9-10-24(13-19)12-17-11-16(15-3-6-18(22)7-4-15)5-8-20(17)27-14-21(25)26/h3-8,11,19H,9-10,12-14H2,1-2H3,(H,25,26)/t19-/m0/s1. The molecule has 1 atom stereocenters. The Balaban J connectivity index is 1.84. The number of likely N-dealkylation sites (tertiary alicyclic amines) is 1. The number of carboxylic acids is 1. The van der Waals surface area contributed by atoms with Crippen LogP contribution in [0, 0.1) is 5.82 Å². The van der Waals surface area contributed by atoms with E-state index in [0.717, 1.165) is 36.2 Å². The van der Waals surface area contributed by atoms with Crippen LogP contribution < -0.4 is 4.74 Å². The molecule has 1 saturated heterocycles. The Bertz CT molecular complexity index is 793. The van der Waals surface area contributed by atoms with Crippen LogP contribution in [0.1, 0.15) is 12.0 Å². The molecule has 1 N–H and O–H groups in total. The second-order valence-electron chi connectivity index (χ2n) is 7.15. The summed E-state index contributed by atoms with van der Waals surface area (Å²) in [4.78, 5) is 15.5. The van der Waals surface area contributed by atoms with Crippen LogP contribution in [0.2, 0.25) is 0 Å². The minimum absolute atomic E-state index is 0.271. The normalized spacial score (nSPS) is 17.4. The molecule has 0 saturated carbocycles. The number of likely N-dealkylation sites (N-methyl/N-ethyl adjacent to an activating group) is 1. The summed E-state index contributed by atoms with van der Waals surface area (Å²) < 4.78 is 18.7. The van der Waals surface area contributed by atoms with Crippen LogP contribution in [0.25, 0.3) is 11.1 Å². The molecule has 2 aromatic rings. The lowest BCUT2D eigenvalue weighted by Crippen LogP contribution is -2.31. The van der Waals surface area contributed by atoms with Gasteiger partial charge in [0.1, 0.15) is 11.6 Å². The highest BCUT2D eigenvalue weighted by Crippen LogP contribution is 2.29. The Kier molecular flexibility index (Phi) is 6.08. The van der Waals surface area contributed by atoms with Gasteiger partial charge in [0.25, 0.3) is 0 Å². The van der Waals surface area contributed by atoms with Crippen molar-refractivity contribution in [2.45, 2.75) is 19.0 Å². The molecule has 0 unspecified atom stereocenters. The first kappa shape index (κ1) is 19.3. The number of ether oxygens (including phenoxy) is 1. The topological polar surface area (TPSA) is 53.0 Å². The Hall–Kier alpha value is -2.44. The number of benzene rings is 2. The molecule has 1 aliphatic rings. The maximum atomic E-state index is 13.2. The number of carboxylic acid groups (broad SMARTS) is 1. The summed E-state index contributed by atoms with van der Waals surface area (Å²) in [5.74, 6) is -0.693. The van der Waals surface area contributed by atoms with Gasteiger partial charge in [-0.05, 0) is 55.9 Å². The summed E-state index contributed by atoms with van der Waals surface area (Å²) >= 11 is 0. The van der Waals surface area contributed by atoms with Gasteiger partial charge < -0.3 is 14.7 Å². The average molecular weight is 372 g/mol. The highest BCUT2D eigenvalue weighted by Gasteiger charge is 2.24. The van der Waals surface area contributed by atoms with Gasteiger partial charge in [-0.15, -0.1) is 0 Å². The number of hydrogen-bond donors (Lipinski definition) is 1. The largest absolute Gasteiger partial charge is 0.482 e. The van der Waals surface area contributed by atoms with E-state index in [1.165, 1.54) is 12.1 Å². The molecule has 3 rings (SSSR count). The van der Waals surface area contributed by atoms with E-state index in [1.807, 2.05) is 12.1 Å². The smallest absolute Gasteiger partial charge is 0.341 e. The van der Waals surface area contributed by atoms with Crippen molar-refractivity contribution in [3.05, 3.63) is 53.8 Å². The van der Waals surface area contributed by atoms with E-state index in [-0.39, 0.29) is 12.4 Å². The first-order valence-electron chi connectivity index (χ1n) is 9.04. The van der Waals surface area contributed by atoms with Crippen LogP contribution in [0.5, 0.6) is 5.75 Å². The van der Waals surface area contributed by atoms with Gasteiger partial charge in [0.2, 0.25) is 0 Å². The summed E-state index contributed by atoms with van der Waals surface area (Å²) in [7, 11) is 4.18. The zero-order valence-electron chi connectivity index (χ0n) is 15.7. The minimum Gasteiger partial charge on any atom is -0.482 e. The van der Waals surface area contributed by atoms with E-state index in [2.05, 4.69) is 23.9 Å². The van der Waals surface area contributed by atoms with Crippen LogP contribution in [-0.4, -0.2) is 60.7 Å². The van der Waals surface area contributed by atoms with Crippen LogP contribution in [0.4, 0.5) is 4.39 Å². The Labute approximate surface area is 159 Å². The number of nitrogens with zero attached hydrogens (tertiary/aromatic N) is 2. The second-order valence-corrected chi connectivity index (χ2v) is 7.15. The van der Waals surface area contributed by atoms with E-state index in [0.29, 0.717) is 18.3 Å². The molecule has 144 valence electrons. The fourth-order valence-corrected chi connectivity index (χ4v) is 3.42. The van der Waals surface area contributed by atoms with E-state index < -0.39 is 5.97 Å². The molecule has 27 heavy (non-hydrogen) atoms. The summed E-state index contributed by atoms with van der Waals surface area (Å²) in [6, 6.07) is 12.6. The highest BCUT2D eigenvalue weighted by molar-refractivity contribution is 5.69. The molecule has 0 aromatic heterocycles. The molecule has 6 heteroatoms. The van der Waals surface area contributed by atoms with Crippen molar-refractivity contribution in [2.24, 2.45) is 0 Å². The lowest BCUT2D eigenvalue weighted by molar-refractivity contribution is -0.139. The van der Waals surface area contributed by atoms with Gasteiger partial charge in [-0.2, -0.15) is 0 Å². The van der Waals surface area contributed by atoms with E-state index in [9.17, 15) is 9.18 Å². The lowest BCUT2D eigenvalue weighted by Gasteiger charge is -2.21. The third kappa shape index (κ3) is 5.05. The third-order valence-corrected chi connectivity index (χ3v) is 4.96. The van der Waals surface area contributed by atoms with Crippen LogP contribution >= 0.6 is 0 Å². The third-order valence-electron chi connectivity index (χ3n) is 4.96. The summed E-state index contributed by atoms with van der Waals surface area (Å²) in [5, 5.41) is 8.93. The molecule has 0 spiro atoms. The van der Waals surface area contributed by atoms with Crippen LogP contribution in [0.15, 0.2) is 42.5 Å². The molecule has 1 heterocycles. The summed E-state index contributed by atoms with van der Waals surface area (Å²) in [6.45, 7) is 2.27. The molecule has 1 fully saturated rings. The molecule has 5 nitrogen and oxygen atoms in total. The fraction of sp³-hybridized carbons (Fsp3) is 0.381. The molecule has 0 bridgehead atoms. The molecule has 2 aromatic carbocycles. The zero-order chi connectivity index (χ0) is 19.4. The second kappa shape index (κ2) is 8.50. The predicted octanol–water partition coefficient (Wildman–Crippen LogP) is 3.09. The van der Waals surface area contributed by atoms with Crippen LogP contribution in [-0.2, 0) is 11.3 Å². The maximum absolute atomic E-state index is 13.2. The highest BCUT2D eigenvalue weighted by atomic mass is 19.1. The molecular weight excluding hydrogens is 347 g/mol. The lowest BCUT2D eigenvalue weighted by atomic mass is 10.0. The van der Waals surface area contributed by atoms with Crippen molar-refractivity contribution >= 4 is 5.97 Å². The maximum Gasteiger partial charge on any atom is 0.341 e. The summed E-state index contributed by atoms with van der Waals surface area (Å²) in [6.07, 6.45) is 1.11. The van der Waals surface area contributed by atoms with Gasteiger partial charge in [-0.25, -0.2) is 9.18 Å². The first-order valence-corrected chi connectivity index (χ1v) is 9.04. The predicted molar refractivity (Wildman–Crippen MR) is 102 cm³/mol. The van der Waals surface area contributed by atoms with Crippen molar-refractivity contribution in [3.8, 4) is 16.9 Å². The average Bonchev–Trinajstić information content (AvgIpc) is 3.10. The zero-order valence-corrected chi connectivity index (χ0v) is 15.7. The molecular formula is C21H25FN2O3.